The number of hydrogen-bond acceptors (Lipinski definition) is 5. The number of carbonyl (C=O) groups is 1. The fourth-order valence-corrected chi connectivity index (χ4v) is 3.25. The van der Waals surface area contributed by atoms with Crippen LogP contribution in [-0.4, -0.2) is 69.0 Å². The molecule has 0 spiro atoms. The molecule has 0 unspecified atom stereocenters. The van der Waals surface area contributed by atoms with Crippen LogP contribution >= 0.6 is 0 Å². The SMILES string of the molecule is COCC(=O)N1CCN(c2ccc(B3OC(C)(C)C(C)(C)O3)cc2)CC1. The lowest BCUT2D eigenvalue weighted by atomic mass is 9.79. The number of anilines is 1. The maximum Gasteiger partial charge on any atom is 0.494 e. The average molecular weight is 360 g/mol. The van der Waals surface area contributed by atoms with E-state index in [2.05, 4.69) is 56.9 Å². The molecule has 142 valence electrons. The van der Waals surface area contributed by atoms with E-state index in [0.717, 1.165) is 37.3 Å². The lowest BCUT2D eigenvalue weighted by Gasteiger charge is -2.36. The first-order valence-corrected chi connectivity index (χ1v) is 9.21. The minimum Gasteiger partial charge on any atom is -0.399 e. The van der Waals surface area contributed by atoms with Crippen LogP contribution in [0.5, 0.6) is 0 Å². The van der Waals surface area contributed by atoms with E-state index in [1.54, 1.807) is 7.11 Å². The Kier molecular flexibility index (Phi) is 5.33. The summed E-state index contributed by atoms with van der Waals surface area (Å²) in [6.07, 6.45) is 0. The Morgan fingerprint density at radius 1 is 1.04 bits per heavy atom. The molecule has 0 bridgehead atoms. The van der Waals surface area contributed by atoms with Gasteiger partial charge in [-0.15, -0.1) is 0 Å². The van der Waals surface area contributed by atoms with Gasteiger partial charge in [-0.1, -0.05) is 12.1 Å². The topological polar surface area (TPSA) is 51.2 Å². The minimum absolute atomic E-state index is 0.0586. The summed E-state index contributed by atoms with van der Waals surface area (Å²) in [7, 11) is 1.22. The number of nitrogens with zero attached hydrogens (tertiary/aromatic N) is 2. The van der Waals surface area contributed by atoms with Crippen molar-refractivity contribution in [1.29, 1.82) is 0 Å². The first-order chi connectivity index (χ1) is 12.2. The molecule has 3 rings (SSSR count). The average Bonchev–Trinajstić information content (AvgIpc) is 2.83. The number of benzene rings is 1. The van der Waals surface area contributed by atoms with Crippen molar-refractivity contribution in [1.82, 2.24) is 4.90 Å². The lowest BCUT2D eigenvalue weighted by Crippen LogP contribution is -2.49. The second-order valence-electron chi connectivity index (χ2n) is 7.98. The third-order valence-corrected chi connectivity index (χ3v) is 5.68. The zero-order chi connectivity index (χ0) is 18.9. The Bertz CT molecular complexity index is 623. The maximum absolute atomic E-state index is 11.9. The first kappa shape index (κ1) is 19.2. The van der Waals surface area contributed by atoms with Gasteiger partial charge < -0.3 is 23.8 Å². The molecule has 2 heterocycles. The van der Waals surface area contributed by atoms with Crippen LogP contribution in [0, 0.1) is 0 Å². The number of rotatable bonds is 4. The Morgan fingerprint density at radius 2 is 1.58 bits per heavy atom. The molecular weight excluding hydrogens is 331 g/mol. The third kappa shape index (κ3) is 3.75. The predicted octanol–water partition coefficient (Wildman–Crippen LogP) is 1.28. The van der Waals surface area contributed by atoms with E-state index in [0.29, 0.717) is 0 Å². The molecular formula is C19H29BN2O4. The predicted molar refractivity (Wildman–Crippen MR) is 103 cm³/mol. The number of methoxy groups -OCH3 is 1. The molecule has 1 aromatic carbocycles. The molecule has 2 aliphatic rings. The molecule has 2 aliphatic heterocycles. The number of hydrogen-bond donors (Lipinski definition) is 0. The maximum atomic E-state index is 11.9. The standard InChI is InChI=1S/C19H29BN2O4/c1-18(2)19(3,4)26-20(25-18)15-6-8-16(9-7-15)21-10-12-22(13-11-21)17(23)14-24-5/h6-9H,10-14H2,1-5H3. The van der Waals surface area contributed by atoms with Gasteiger partial charge >= 0.3 is 7.12 Å². The molecule has 0 saturated carbocycles. The molecule has 0 N–H and O–H groups in total. The normalized spacial score (nSPS) is 22.0. The summed E-state index contributed by atoms with van der Waals surface area (Å²) in [5.41, 5.74) is 1.52. The van der Waals surface area contributed by atoms with E-state index >= 15 is 0 Å². The van der Waals surface area contributed by atoms with Gasteiger partial charge in [-0.25, -0.2) is 0 Å². The van der Waals surface area contributed by atoms with Crippen LogP contribution in [-0.2, 0) is 18.8 Å². The van der Waals surface area contributed by atoms with Gasteiger partial charge in [0.25, 0.3) is 0 Å². The highest BCUT2D eigenvalue weighted by molar-refractivity contribution is 6.62. The summed E-state index contributed by atoms with van der Waals surface area (Å²) in [6.45, 7) is 11.5. The van der Waals surface area contributed by atoms with Gasteiger partial charge in [-0.2, -0.15) is 0 Å². The van der Waals surface area contributed by atoms with Gasteiger partial charge in [0, 0.05) is 39.0 Å². The lowest BCUT2D eigenvalue weighted by molar-refractivity contribution is -0.135. The van der Waals surface area contributed by atoms with Crippen LogP contribution in [0.3, 0.4) is 0 Å². The van der Waals surface area contributed by atoms with Crippen molar-refractivity contribution in [2.24, 2.45) is 0 Å². The molecule has 0 radical (unpaired) electrons. The van der Waals surface area contributed by atoms with Gasteiger partial charge in [-0.05, 0) is 45.3 Å². The van der Waals surface area contributed by atoms with E-state index in [4.69, 9.17) is 14.0 Å². The van der Waals surface area contributed by atoms with E-state index in [-0.39, 0.29) is 30.8 Å². The van der Waals surface area contributed by atoms with Crippen LogP contribution in [0.15, 0.2) is 24.3 Å². The summed E-state index contributed by atoms with van der Waals surface area (Å²) in [4.78, 5) is 16.0. The summed E-state index contributed by atoms with van der Waals surface area (Å²) < 4.78 is 17.1. The van der Waals surface area contributed by atoms with Crippen LogP contribution in [0.4, 0.5) is 5.69 Å². The summed E-state index contributed by atoms with van der Waals surface area (Å²) in [6, 6.07) is 8.35. The Hall–Kier alpha value is -1.57. The molecule has 1 amide bonds. The summed E-state index contributed by atoms with van der Waals surface area (Å²) in [5.74, 6) is 0.0586. The second kappa shape index (κ2) is 7.21. The van der Waals surface area contributed by atoms with Gasteiger partial charge in [0.1, 0.15) is 6.61 Å². The quantitative estimate of drug-likeness (QED) is 0.758. The van der Waals surface area contributed by atoms with Crippen molar-refractivity contribution in [2.75, 3.05) is 44.8 Å². The molecule has 7 heteroatoms. The molecule has 26 heavy (non-hydrogen) atoms. The highest BCUT2D eigenvalue weighted by Crippen LogP contribution is 2.36. The van der Waals surface area contributed by atoms with Crippen LogP contribution < -0.4 is 10.4 Å². The summed E-state index contributed by atoms with van der Waals surface area (Å²) in [5, 5.41) is 0. The van der Waals surface area contributed by atoms with Gasteiger partial charge in [-0.3, -0.25) is 4.79 Å². The van der Waals surface area contributed by atoms with E-state index in [9.17, 15) is 4.79 Å². The van der Waals surface area contributed by atoms with Crippen LogP contribution in [0.1, 0.15) is 27.7 Å². The number of carbonyl (C=O) groups excluding carboxylic acids is 1. The van der Waals surface area contributed by atoms with E-state index < -0.39 is 0 Å². The molecule has 0 atom stereocenters. The second-order valence-corrected chi connectivity index (χ2v) is 7.98. The molecule has 6 nitrogen and oxygen atoms in total. The Labute approximate surface area is 156 Å². The third-order valence-electron chi connectivity index (χ3n) is 5.68. The van der Waals surface area contributed by atoms with Gasteiger partial charge in [0.2, 0.25) is 5.91 Å². The molecule has 2 saturated heterocycles. The van der Waals surface area contributed by atoms with E-state index in [1.807, 2.05) is 4.90 Å². The monoisotopic (exact) mass is 360 g/mol. The van der Waals surface area contributed by atoms with Crippen LogP contribution in [0.2, 0.25) is 0 Å². The van der Waals surface area contributed by atoms with Crippen molar-refractivity contribution >= 4 is 24.2 Å². The number of amides is 1. The van der Waals surface area contributed by atoms with E-state index in [1.165, 1.54) is 0 Å². The van der Waals surface area contributed by atoms with Crippen molar-refractivity contribution < 1.29 is 18.8 Å². The largest absolute Gasteiger partial charge is 0.494 e. The molecule has 2 fully saturated rings. The molecule has 1 aromatic rings. The van der Waals surface area contributed by atoms with Gasteiger partial charge in [0.15, 0.2) is 0 Å². The van der Waals surface area contributed by atoms with Crippen LogP contribution in [0.25, 0.3) is 0 Å². The van der Waals surface area contributed by atoms with Crippen molar-refractivity contribution in [3.8, 4) is 0 Å². The molecule has 0 aliphatic carbocycles. The zero-order valence-electron chi connectivity index (χ0n) is 16.4. The molecule has 0 aromatic heterocycles. The van der Waals surface area contributed by atoms with Crippen molar-refractivity contribution in [3.63, 3.8) is 0 Å². The number of piperazine rings is 1. The fourth-order valence-electron chi connectivity index (χ4n) is 3.25. The highest BCUT2D eigenvalue weighted by atomic mass is 16.7. The van der Waals surface area contributed by atoms with Crippen molar-refractivity contribution in [2.45, 2.75) is 38.9 Å². The smallest absolute Gasteiger partial charge is 0.399 e. The number of ether oxygens (including phenoxy) is 1. The Balaban J connectivity index is 1.60. The highest BCUT2D eigenvalue weighted by Gasteiger charge is 2.51. The minimum atomic E-state index is -0.336. The zero-order valence-corrected chi connectivity index (χ0v) is 16.4. The van der Waals surface area contributed by atoms with Crippen molar-refractivity contribution in [3.05, 3.63) is 24.3 Å². The van der Waals surface area contributed by atoms with Gasteiger partial charge in [0.05, 0.1) is 11.2 Å². The first-order valence-electron chi connectivity index (χ1n) is 9.21. The fraction of sp³-hybridized carbons (Fsp3) is 0.632. The Morgan fingerprint density at radius 3 is 2.08 bits per heavy atom. The summed E-state index contributed by atoms with van der Waals surface area (Å²) >= 11 is 0.